The van der Waals surface area contributed by atoms with Crippen LogP contribution in [0.5, 0.6) is 0 Å². The Morgan fingerprint density at radius 3 is 2.52 bits per heavy atom. The van der Waals surface area contributed by atoms with Crippen LogP contribution >= 0.6 is 23.2 Å². The minimum absolute atomic E-state index is 0.0245. The predicted octanol–water partition coefficient (Wildman–Crippen LogP) is 4.34. The fraction of sp³-hybridized carbons (Fsp3) is 0.350. The van der Waals surface area contributed by atoms with Gasteiger partial charge in [0.25, 0.3) is 15.9 Å². The molecule has 3 rings (SSSR count). The number of amides is 1. The van der Waals surface area contributed by atoms with Gasteiger partial charge in [-0.15, -0.1) is 0 Å². The van der Waals surface area contributed by atoms with Crippen molar-refractivity contribution in [3.8, 4) is 0 Å². The molecule has 0 aromatic heterocycles. The third kappa shape index (κ3) is 6.60. The molecule has 0 heterocycles. The van der Waals surface area contributed by atoms with Crippen molar-refractivity contribution in [2.24, 2.45) is 5.92 Å². The van der Waals surface area contributed by atoms with Crippen LogP contribution in [-0.4, -0.2) is 34.1 Å². The summed E-state index contributed by atoms with van der Waals surface area (Å²) in [6, 6.07) is 10.4. The number of hydrogen-bond acceptors (Lipinski definition) is 4. The third-order valence-electron chi connectivity index (χ3n) is 4.38. The molecule has 0 saturated heterocycles. The molecule has 2 aromatic rings. The molecular weight excluding hydrogens is 435 g/mol. The second-order valence-corrected chi connectivity index (χ2v) is 9.38. The lowest BCUT2D eigenvalue weighted by molar-refractivity contribution is 0.0937. The highest BCUT2D eigenvalue weighted by Gasteiger charge is 2.21. The average molecular weight is 457 g/mol. The number of hydrogen-bond donors (Lipinski definition) is 2. The quantitative estimate of drug-likeness (QED) is 0.520. The Bertz CT molecular complexity index is 961. The summed E-state index contributed by atoms with van der Waals surface area (Å²) in [5, 5.41) is 3.28. The van der Waals surface area contributed by atoms with Crippen LogP contribution in [0.3, 0.4) is 0 Å². The lowest BCUT2D eigenvalue weighted by atomic mass is 10.2. The van der Waals surface area contributed by atoms with E-state index in [4.69, 9.17) is 27.9 Å². The van der Waals surface area contributed by atoms with Gasteiger partial charge in [-0.1, -0.05) is 23.2 Å². The van der Waals surface area contributed by atoms with Crippen molar-refractivity contribution in [2.75, 3.05) is 24.5 Å². The summed E-state index contributed by atoms with van der Waals surface area (Å²) in [4.78, 5) is 12.2. The van der Waals surface area contributed by atoms with Crippen LogP contribution < -0.4 is 10.0 Å². The van der Waals surface area contributed by atoms with E-state index in [9.17, 15) is 13.2 Å². The Morgan fingerprint density at radius 1 is 1.10 bits per heavy atom. The zero-order valence-electron chi connectivity index (χ0n) is 15.7. The Hall–Kier alpha value is -1.80. The van der Waals surface area contributed by atoms with E-state index >= 15 is 0 Å². The van der Waals surface area contributed by atoms with Crippen molar-refractivity contribution in [3.05, 3.63) is 58.1 Å². The topological polar surface area (TPSA) is 84.5 Å². The molecule has 0 aliphatic heterocycles. The molecule has 2 N–H and O–H groups in total. The van der Waals surface area contributed by atoms with Crippen molar-refractivity contribution in [1.29, 1.82) is 0 Å². The van der Waals surface area contributed by atoms with E-state index in [2.05, 4.69) is 10.0 Å². The summed E-state index contributed by atoms with van der Waals surface area (Å²) >= 11 is 11.9. The van der Waals surface area contributed by atoms with Crippen molar-refractivity contribution in [2.45, 2.75) is 24.2 Å². The molecule has 1 saturated carbocycles. The third-order valence-corrected chi connectivity index (χ3v) is 6.50. The molecule has 1 amide bonds. The number of nitrogens with one attached hydrogen (secondary N) is 2. The molecular formula is C20H22Cl2N2O4S. The molecule has 0 radical (unpaired) electrons. The van der Waals surface area contributed by atoms with Crippen molar-refractivity contribution in [1.82, 2.24) is 5.32 Å². The number of rotatable bonds is 10. The molecule has 0 atom stereocenters. The Kier molecular flexibility index (Phi) is 7.40. The van der Waals surface area contributed by atoms with E-state index in [1.807, 2.05) is 0 Å². The average Bonchev–Trinajstić information content (AvgIpc) is 3.50. The molecule has 1 fully saturated rings. The highest BCUT2D eigenvalue weighted by atomic mass is 35.5. The van der Waals surface area contributed by atoms with E-state index in [1.54, 1.807) is 12.1 Å². The maximum absolute atomic E-state index is 12.7. The second kappa shape index (κ2) is 9.80. The fourth-order valence-electron chi connectivity index (χ4n) is 2.59. The minimum atomic E-state index is -3.97. The molecule has 6 nitrogen and oxygen atoms in total. The van der Waals surface area contributed by atoms with E-state index in [1.165, 1.54) is 43.2 Å². The molecule has 29 heavy (non-hydrogen) atoms. The summed E-state index contributed by atoms with van der Waals surface area (Å²) < 4.78 is 33.3. The summed E-state index contributed by atoms with van der Waals surface area (Å²) in [5.41, 5.74) is 0.552. The van der Waals surface area contributed by atoms with Gasteiger partial charge in [0.2, 0.25) is 0 Å². The minimum Gasteiger partial charge on any atom is -0.381 e. The first-order chi connectivity index (χ1) is 13.8. The van der Waals surface area contributed by atoms with Crippen LogP contribution in [0.2, 0.25) is 10.0 Å². The summed E-state index contributed by atoms with van der Waals surface area (Å²) in [6.45, 7) is 1.81. The van der Waals surface area contributed by atoms with Gasteiger partial charge in [0.05, 0.1) is 5.02 Å². The largest absolute Gasteiger partial charge is 0.381 e. The van der Waals surface area contributed by atoms with Crippen LogP contribution in [0.25, 0.3) is 0 Å². The molecule has 0 bridgehead atoms. The SMILES string of the molecule is O=C(NCCCOCC1CC1)c1ccc(Cl)c(S(=O)(=O)Nc2ccc(Cl)cc2)c1. The van der Waals surface area contributed by atoms with E-state index in [-0.39, 0.29) is 21.4 Å². The van der Waals surface area contributed by atoms with Crippen LogP contribution in [0.4, 0.5) is 5.69 Å². The summed E-state index contributed by atoms with van der Waals surface area (Å²) in [6.07, 6.45) is 3.17. The van der Waals surface area contributed by atoms with Crippen LogP contribution in [0.1, 0.15) is 29.6 Å². The van der Waals surface area contributed by atoms with E-state index in [0.717, 1.165) is 6.61 Å². The van der Waals surface area contributed by atoms with Crippen LogP contribution in [-0.2, 0) is 14.8 Å². The van der Waals surface area contributed by atoms with Crippen LogP contribution in [0, 0.1) is 5.92 Å². The standard InChI is InChI=1S/C20H22Cl2N2O4S/c21-16-5-7-17(8-6-16)24-29(26,27)19-12-15(4-9-18(19)22)20(25)23-10-1-11-28-13-14-2-3-14/h4-9,12,14,24H,1-3,10-11,13H2,(H,23,25). The Morgan fingerprint density at radius 2 is 1.83 bits per heavy atom. The predicted molar refractivity (Wildman–Crippen MR) is 114 cm³/mol. The maximum Gasteiger partial charge on any atom is 0.263 e. The number of benzene rings is 2. The summed E-state index contributed by atoms with van der Waals surface area (Å²) in [7, 11) is -3.97. The number of carbonyl (C=O) groups is 1. The number of anilines is 1. The van der Waals surface area contributed by atoms with Crippen molar-refractivity contribution in [3.63, 3.8) is 0 Å². The van der Waals surface area contributed by atoms with E-state index in [0.29, 0.717) is 36.2 Å². The Balaban J connectivity index is 1.60. The zero-order valence-corrected chi connectivity index (χ0v) is 18.0. The molecule has 9 heteroatoms. The first-order valence-corrected chi connectivity index (χ1v) is 11.5. The Labute approximate surface area is 180 Å². The molecule has 1 aliphatic rings. The van der Waals surface area contributed by atoms with Gasteiger partial charge in [0, 0.05) is 36.0 Å². The van der Waals surface area contributed by atoms with Gasteiger partial charge < -0.3 is 10.1 Å². The highest BCUT2D eigenvalue weighted by molar-refractivity contribution is 7.92. The van der Waals surface area contributed by atoms with Crippen molar-refractivity contribution < 1.29 is 17.9 Å². The molecule has 1 aliphatic carbocycles. The highest BCUT2D eigenvalue weighted by Crippen LogP contribution is 2.28. The molecule has 156 valence electrons. The second-order valence-electron chi connectivity index (χ2n) is 6.89. The smallest absolute Gasteiger partial charge is 0.263 e. The molecule has 0 unspecified atom stereocenters. The first kappa shape index (κ1) is 21.9. The van der Waals surface area contributed by atoms with Gasteiger partial charge in [-0.2, -0.15) is 0 Å². The lowest BCUT2D eigenvalue weighted by Gasteiger charge is -2.11. The van der Waals surface area contributed by atoms with Gasteiger partial charge in [-0.25, -0.2) is 8.42 Å². The van der Waals surface area contributed by atoms with Gasteiger partial charge >= 0.3 is 0 Å². The number of carbonyl (C=O) groups excluding carboxylic acids is 1. The van der Waals surface area contributed by atoms with E-state index < -0.39 is 10.0 Å². The lowest BCUT2D eigenvalue weighted by Crippen LogP contribution is -2.25. The monoisotopic (exact) mass is 456 g/mol. The first-order valence-electron chi connectivity index (χ1n) is 9.29. The number of ether oxygens (including phenoxy) is 1. The van der Waals surface area contributed by atoms with Gasteiger partial charge in [0.1, 0.15) is 4.90 Å². The van der Waals surface area contributed by atoms with Gasteiger partial charge in [-0.3, -0.25) is 9.52 Å². The number of halogens is 2. The maximum atomic E-state index is 12.7. The zero-order chi connectivity index (χ0) is 20.9. The van der Waals surface area contributed by atoms with Gasteiger partial charge in [-0.05, 0) is 67.6 Å². The molecule has 2 aromatic carbocycles. The van der Waals surface area contributed by atoms with Gasteiger partial charge in [0.15, 0.2) is 0 Å². The molecule has 0 spiro atoms. The fourth-order valence-corrected chi connectivity index (χ4v) is 4.30. The number of sulfonamides is 1. The van der Waals surface area contributed by atoms with Crippen LogP contribution in [0.15, 0.2) is 47.4 Å². The van der Waals surface area contributed by atoms with Crippen molar-refractivity contribution >= 4 is 44.8 Å². The summed E-state index contributed by atoms with van der Waals surface area (Å²) in [5.74, 6) is 0.340. The normalized spacial score (nSPS) is 13.9.